The minimum Gasteiger partial charge on any atom is -0.490 e. The molecule has 0 saturated carbocycles. The summed E-state index contributed by atoms with van der Waals surface area (Å²) in [5, 5.41) is 2.67. The molecule has 2 aromatic rings. The Labute approximate surface area is 163 Å². The van der Waals surface area contributed by atoms with Crippen molar-refractivity contribution < 1.29 is 36.2 Å². The van der Waals surface area contributed by atoms with Gasteiger partial charge in [0.25, 0.3) is 0 Å². The molecule has 0 radical (unpaired) electrons. The smallest absolute Gasteiger partial charge is 0.490 e. The molecule has 11 heteroatoms. The zero-order valence-electron chi connectivity index (χ0n) is 15.2. The van der Waals surface area contributed by atoms with E-state index in [2.05, 4.69) is 19.8 Å². The van der Waals surface area contributed by atoms with Crippen LogP contribution < -0.4 is 25.3 Å². The van der Waals surface area contributed by atoms with E-state index in [-0.39, 0.29) is 36.4 Å². The number of rotatable bonds is 8. The highest BCUT2D eigenvalue weighted by Gasteiger charge is 2.30. The maximum absolute atomic E-state index is 12.7. The van der Waals surface area contributed by atoms with E-state index in [1.54, 1.807) is 13.0 Å². The van der Waals surface area contributed by atoms with Gasteiger partial charge in [0.15, 0.2) is 17.5 Å². The van der Waals surface area contributed by atoms with Crippen LogP contribution in [0, 0.1) is 0 Å². The SMILES string of the molecule is CCOc1cccc(CN=C(N)Nc2ccc(OC(F)(F)F)cc2)c1OC(F)F. The number of aliphatic imine (C=N–C) groups is 1. The second-order valence-electron chi connectivity index (χ2n) is 5.45. The summed E-state index contributed by atoms with van der Waals surface area (Å²) in [5.74, 6) is -0.471. The lowest BCUT2D eigenvalue weighted by Gasteiger charge is -2.14. The summed E-state index contributed by atoms with van der Waals surface area (Å²) in [5.41, 5.74) is 6.42. The first-order valence-electron chi connectivity index (χ1n) is 8.30. The van der Waals surface area contributed by atoms with Crippen LogP contribution >= 0.6 is 0 Å². The Bertz CT molecular complexity index is 826. The number of anilines is 1. The van der Waals surface area contributed by atoms with Crippen LogP contribution in [-0.4, -0.2) is 25.5 Å². The molecule has 0 aliphatic rings. The molecule has 2 rings (SSSR count). The van der Waals surface area contributed by atoms with Crippen LogP contribution in [0.4, 0.5) is 27.6 Å². The number of para-hydroxylation sites is 1. The summed E-state index contributed by atoms with van der Waals surface area (Å²) in [6.07, 6.45) is -4.79. The zero-order valence-corrected chi connectivity index (χ0v) is 15.2. The number of ether oxygens (including phenoxy) is 3. The molecule has 29 heavy (non-hydrogen) atoms. The highest BCUT2D eigenvalue weighted by atomic mass is 19.4. The summed E-state index contributed by atoms with van der Waals surface area (Å²) < 4.78 is 75.5. The van der Waals surface area contributed by atoms with E-state index in [1.807, 2.05) is 0 Å². The predicted octanol–water partition coefficient (Wildman–Crippen LogP) is 4.51. The normalized spacial score (nSPS) is 12.0. The van der Waals surface area contributed by atoms with Crippen LogP contribution in [0.1, 0.15) is 12.5 Å². The van der Waals surface area contributed by atoms with Crippen LogP contribution in [0.5, 0.6) is 17.2 Å². The van der Waals surface area contributed by atoms with Gasteiger partial charge in [-0.2, -0.15) is 8.78 Å². The number of hydrogen-bond donors (Lipinski definition) is 2. The van der Waals surface area contributed by atoms with Crippen LogP contribution in [0.2, 0.25) is 0 Å². The third kappa shape index (κ3) is 7.35. The van der Waals surface area contributed by atoms with Crippen molar-refractivity contribution in [3.63, 3.8) is 0 Å². The van der Waals surface area contributed by atoms with Crippen molar-refractivity contribution >= 4 is 11.6 Å². The van der Waals surface area contributed by atoms with Gasteiger partial charge in [-0.3, -0.25) is 0 Å². The average Bonchev–Trinajstić information content (AvgIpc) is 2.62. The number of nitrogens with zero attached hydrogens (tertiary/aromatic N) is 1. The van der Waals surface area contributed by atoms with Gasteiger partial charge in [-0.05, 0) is 37.3 Å². The molecule has 0 aromatic heterocycles. The molecule has 0 heterocycles. The molecule has 0 aliphatic carbocycles. The fourth-order valence-corrected chi connectivity index (χ4v) is 2.28. The largest absolute Gasteiger partial charge is 0.573 e. The lowest BCUT2D eigenvalue weighted by molar-refractivity contribution is -0.274. The Morgan fingerprint density at radius 3 is 2.41 bits per heavy atom. The number of guanidine groups is 1. The zero-order chi connectivity index (χ0) is 21.4. The van der Waals surface area contributed by atoms with Crippen molar-refractivity contribution in [1.29, 1.82) is 0 Å². The molecule has 0 bridgehead atoms. The molecule has 0 aliphatic heterocycles. The van der Waals surface area contributed by atoms with E-state index in [0.29, 0.717) is 11.3 Å². The van der Waals surface area contributed by atoms with Crippen molar-refractivity contribution in [2.45, 2.75) is 26.4 Å². The van der Waals surface area contributed by atoms with Crippen molar-refractivity contribution in [2.75, 3.05) is 11.9 Å². The van der Waals surface area contributed by atoms with Gasteiger partial charge in [0.2, 0.25) is 0 Å². The second-order valence-corrected chi connectivity index (χ2v) is 5.45. The third-order valence-corrected chi connectivity index (χ3v) is 3.35. The number of benzene rings is 2. The lowest BCUT2D eigenvalue weighted by Crippen LogP contribution is -2.22. The third-order valence-electron chi connectivity index (χ3n) is 3.35. The maximum Gasteiger partial charge on any atom is 0.573 e. The molecule has 6 nitrogen and oxygen atoms in total. The number of alkyl halides is 5. The standard InChI is InChI=1S/C18H18F5N3O3/c1-2-27-14-5-3-4-11(15(14)28-16(19)20)10-25-17(24)26-12-6-8-13(9-7-12)29-18(21,22)23/h3-9,16H,2,10H2,1H3,(H3,24,25,26). The maximum atomic E-state index is 12.7. The Balaban J connectivity index is 2.08. The molecule has 0 spiro atoms. The molecule has 2 aromatic carbocycles. The van der Waals surface area contributed by atoms with Gasteiger partial charge in [0.1, 0.15) is 5.75 Å². The van der Waals surface area contributed by atoms with Crippen molar-refractivity contribution in [3.8, 4) is 17.2 Å². The second kappa shape index (κ2) is 9.80. The van der Waals surface area contributed by atoms with E-state index < -0.39 is 13.0 Å². The fourth-order valence-electron chi connectivity index (χ4n) is 2.28. The van der Waals surface area contributed by atoms with E-state index in [9.17, 15) is 22.0 Å². The molecule has 158 valence electrons. The molecule has 0 amide bonds. The van der Waals surface area contributed by atoms with Gasteiger partial charge in [-0.1, -0.05) is 12.1 Å². The fraction of sp³-hybridized carbons (Fsp3) is 0.278. The Hall–Kier alpha value is -3.24. The molecule has 0 saturated heterocycles. The lowest BCUT2D eigenvalue weighted by atomic mass is 10.2. The summed E-state index contributed by atoms with van der Waals surface area (Å²) in [6, 6.07) is 9.43. The van der Waals surface area contributed by atoms with Crippen LogP contribution in [0.3, 0.4) is 0 Å². The predicted molar refractivity (Wildman–Crippen MR) is 96.3 cm³/mol. The molecular formula is C18H18F5N3O3. The number of nitrogens with two attached hydrogens (primary N) is 1. The first-order valence-corrected chi connectivity index (χ1v) is 8.30. The van der Waals surface area contributed by atoms with Crippen molar-refractivity contribution in [1.82, 2.24) is 0 Å². The first kappa shape index (κ1) is 22.1. The molecular weight excluding hydrogens is 401 g/mol. The van der Waals surface area contributed by atoms with Crippen molar-refractivity contribution in [2.24, 2.45) is 10.7 Å². The Morgan fingerprint density at radius 1 is 1.14 bits per heavy atom. The topological polar surface area (TPSA) is 78.1 Å². The summed E-state index contributed by atoms with van der Waals surface area (Å²) >= 11 is 0. The number of nitrogens with one attached hydrogen (secondary N) is 1. The van der Waals surface area contributed by atoms with E-state index in [0.717, 1.165) is 12.1 Å². The molecule has 0 fully saturated rings. The van der Waals surface area contributed by atoms with Gasteiger partial charge in [-0.15, -0.1) is 13.2 Å². The molecule has 3 N–H and O–H groups in total. The van der Waals surface area contributed by atoms with Crippen LogP contribution in [-0.2, 0) is 6.54 Å². The monoisotopic (exact) mass is 419 g/mol. The molecule has 0 unspecified atom stereocenters. The average molecular weight is 419 g/mol. The van der Waals surface area contributed by atoms with Gasteiger partial charge >= 0.3 is 13.0 Å². The number of hydrogen-bond acceptors (Lipinski definition) is 4. The first-order chi connectivity index (χ1) is 13.7. The Morgan fingerprint density at radius 2 is 1.83 bits per heavy atom. The summed E-state index contributed by atoms with van der Waals surface area (Å²) in [7, 11) is 0. The van der Waals surface area contributed by atoms with Crippen LogP contribution in [0.15, 0.2) is 47.5 Å². The highest BCUT2D eigenvalue weighted by Crippen LogP contribution is 2.33. The van der Waals surface area contributed by atoms with Gasteiger partial charge in [0, 0.05) is 11.3 Å². The Kier molecular flexibility index (Phi) is 7.46. The van der Waals surface area contributed by atoms with Gasteiger partial charge < -0.3 is 25.3 Å². The summed E-state index contributed by atoms with van der Waals surface area (Å²) in [4.78, 5) is 4.03. The number of halogens is 5. The van der Waals surface area contributed by atoms with Crippen molar-refractivity contribution in [3.05, 3.63) is 48.0 Å². The molecule has 0 atom stereocenters. The van der Waals surface area contributed by atoms with Gasteiger partial charge in [-0.25, -0.2) is 4.99 Å². The van der Waals surface area contributed by atoms with Gasteiger partial charge in [0.05, 0.1) is 13.2 Å². The van der Waals surface area contributed by atoms with E-state index >= 15 is 0 Å². The quantitative estimate of drug-likeness (QED) is 0.374. The minimum atomic E-state index is -4.79. The minimum absolute atomic E-state index is 0.0840. The van der Waals surface area contributed by atoms with Crippen LogP contribution in [0.25, 0.3) is 0 Å². The highest BCUT2D eigenvalue weighted by molar-refractivity contribution is 5.92. The van der Waals surface area contributed by atoms with E-state index in [4.69, 9.17) is 10.5 Å². The van der Waals surface area contributed by atoms with E-state index in [1.165, 1.54) is 24.3 Å². The summed E-state index contributed by atoms with van der Waals surface area (Å²) in [6.45, 7) is -1.20.